The van der Waals surface area contributed by atoms with Gasteiger partial charge in [-0.3, -0.25) is 0 Å². The van der Waals surface area contributed by atoms with Gasteiger partial charge in [-0.1, -0.05) is 75.4 Å². The molecule has 214 valence electrons. The van der Waals surface area contributed by atoms with E-state index in [2.05, 4.69) is 104 Å². The zero-order valence-corrected chi connectivity index (χ0v) is 27.2. The van der Waals surface area contributed by atoms with Crippen molar-refractivity contribution in [1.82, 2.24) is 4.98 Å². The van der Waals surface area contributed by atoms with Gasteiger partial charge < -0.3 is 4.98 Å². The van der Waals surface area contributed by atoms with E-state index >= 15 is 0 Å². The number of aromatic amines is 1. The van der Waals surface area contributed by atoms with Crippen molar-refractivity contribution in [2.75, 3.05) is 0 Å². The molecule has 1 nitrogen and oxygen atoms in total. The summed E-state index contributed by atoms with van der Waals surface area (Å²) in [6.45, 7) is 4.50. The van der Waals surface area contributed by atoms with Gasteiger partial charge in [0.2, 0.25) is 0 Å². The van der Waals surface area contributed by atoms with E-state index in [1.165, 1.54) is 128 Å². The Morgan fingerprint density at radius 2 is 1.33 bits per heavy atom. The van der Waals surface area contributed by atoms with Crippen LogP contribution in [0, 0.1) is 6.92 Å². The van der Waals surface area contributed by atoms with Gasteiger partial charge in [-0.25, -0.2) is 0 Å². The van der Waals surface area contributed by atoms with Crippen LogP contribution in [-0.2, 0) is 6.42 Å². The predicted octanol–water partition coefficient (Wildman–Crippen LogP) is 13.5. The Balaban J connectivity index is 1.36. The summed E-state index contributed by atoms with van der Waals surface area (Å²) in [6, 6.07) is 32.1. The van der Waals surface area contributed by atoms with Gasteiger partial charge in [0.25, 0.3) is 0 Å². The lowest BCUT2D eigenvalue weighted by Crippen LogP contribution is -1.85. The van der Waals surface area contributed by atoms with E-state index < -0.39 is 0 Å². The fourth-order valence-electron chi connectivity index (χ4n) is 6.81. The lowest BCUT2D eigenvalue weighted by molar-refractivity contribution is 0.609. The molecule has 0 fully saturated rings. The third-order valence-corrected chi connectivity index (χ3v) is 12.3. The summed E-state index contributed by atoms with van der Waals surface area (Å²) < 4.78 is 2.76. The van der Waals surface area contributed by atoms with Crippen LogP contribution >= 0.6 is 34.0 Å². The lowest BCUT2D eigenvalue weighted by atomic mass is 9.94. The van der Waals surface area contributed by atoms with Crippen LogP contribution in [0.2, 0.25) is 0 Å². The van der Waals surface area contributed by atoms with Crippen LogP contribution in [0.3, 0.4) is 0 Å². The SMILES string of the molecule is CCCCCCCCc1ccc(-c2cc3c(cc(-c4ccc(C)s4)c4c5ccccc5[nH]c34)c3sc4ccccc4c23)s1. The van der Waals surface area contributed by atoms with Crippen molar-refractivity contribution < 1.29 is 0 Å². The highest BCUT2D eigenvalue weighted by atomic mass is 32.1. The van der Waals surface area contributed by atoms with Crippen LogP contribution in [-0.4, -0.2) is 4.98 Å². The fraction of sp³-hybridized carbons (Fsp3) is 0.231. The van der Waals surface area contributed by atoms with Crippen LogP contribution < -0.4 is 0 Å². The first kappa shape index (κ1) is 27.1. The van der Waals surface area contributed by atoms with Crippen molar-refractivity contribution >= 4 is 86.8 Å². The van der Waals surface area contributed by atoms with Gasteiger partial charge in [-0.05, 0) is 68.3 Å². The maximum absolute atomic E-state index is 3.88. The molecular formula is C39H35NS3. The molecule has 1 N–H and O–H groups in total. The molecule has 43 heavy (non-hydrogen) atoms. The van der Waals surface area contributed by atoms with E-state index in [1.807, 2.05) is 34.0 Å². The Kier molecular flexibility index (Phi) is 7.09. The number of unbranched alkanes of at least 4 members (excludes halogenated alkanes) is 5. The molecule has 0 radical (unpaired) electrons. The average Bonchev–Trinajstić information content (AvgIpc) is 3.83. The van der Waals surface area contributed by atoms with E-state index in [9.17, 15) is 0 Å². The van der Waals surface area contributed by atoms with Gasteiger partial charge in [-0.2, -0.15) is 0 Å². The van der Waals surface area contributed by atoms with Gasteiger partial charge >= 0.3 is 0 Å². The number of nitrogens with one attached hydrogen (secondary N) is 1. The van der Waals surface area contributed by atoms with Crippen LogP contribution in [0.5, 0.6) is 0 Å². The Morgan fingerprint density at radius 3 is 2.19 bits per heavy atom. The smallest absolute Gasteiger partial charge is 0.0551 e. The maximum atomic E-state index is 3.88. The Hall–Kier alpha value is -3.44. The topological polar surface area (TPSA) is 15.8 Å². The first-order valence-corrected chi connectivity index (χ1v) is 18.1. The van der Waals surface area contributed by atoms with Crippen molar-refractivity contribution in [2.24, 2.45) is 0 Å². The lowest BCUT2D eigenvalue weighted by Gasteiger charge is -2.11. The minimum absolute atomic E-state index is 1.19. The van der Waals surface area contributed by atoms with Crippen molar-refractivity contribution in [3.8, 4) is 20.9 Å². The van der Waals surface area contributed by atoms with Crippen LogP contribution in [0.15, 0.2) is 84.9 Å². The monoisotopic (exact) mass is 613 g/mol. The molecule has 4 aromatic carbocycles. The molecule has 0 atom stereocenters. The number of aryl methyl sites for hydroxylation is 2. The quantitative estimate of drug-likeness (QED) is 0.156. The molecule has 4 aromatic heterocycles. The molecule has 0 spiro atoms. The highest BCUT2D eigenvalue weighted by Gasteiger charge is 2.21. The first-order valence-electron chi connectivity index (χ1n) is 15.7. The summed E-state index contributed by atoms with van der Waals surface area (Å²) in [4.78, 5) is 9.47. The molecular weight excluding hydrogens is 579 g/mol. The van der Waals surface area contributed by atoms with E-state index in [0.29, 0.717) is 0 Å². The normalized spacial score (nSPS) is 12.1. The second-order valence-electron chi connectivity index (χ2n) is 11.9. The minimum Gasteiger partial charge on any atom is -0.354 e. The van der Waals surface area contributed by atoms with E-state index in [4.69, 9.17) is 0 Å². The van der Waals surface area contributed by atoms with Crippen molar-refractivity contribution in [3.05, 3.63) is 94.7 Å². The second kappa shape index (κ2) is 11.2. The van der Waals surface area contributed by atoms with Gasteiger partial charge in [-0.15, -0.1) is 34.0 Å². The Labute approximate surface area is 264 Å². The van der Waals surface area contributed by atoms with Gasteiger partial charge in [0, 0.05) is 77.9 Å². The molecule has 0 aliphatic rings. The number of thiophene rings is 3. The summed E-state index contributed by atoms with van der Waals surface area (Å²) in [5.41, 5.74) is 5.17. The third kappa shape index (κ3) is 4.71. The zero-order valence-electron chi connectivity index (χ0n) is 24.8. The third-order valence-electron chi connectivity index (χ3n) is 8.93. The molecule has 0 unspecified atom stereocenters. The van der Waals surface area contributed by atoms with E-state index in [0.717, 1.165) is 0 Å². The van der Waals surface area contributed by atoms with Gasteiger partial charge in [0.15, 0.2) is 0 Å². The molecule has 8 aromatic rings. The maximum Gasteiger partial charge on any atom is 0.0551 e. The van der Waals surface area contributed by atoms with Crippen molar-refractivity contribution in [1.29, 1.82) is 0 Å². The second-order valence-corrected chi connectivity index (χ2v) is 15.4. The van der Waals surface area contributed by atoms with Crippen LogP contribution in [0.25, 0.3) is 73.6 Å². The number of rotatable bonds is 9. The predicted molar refractivity (Wildman–Crippen MR) is 195 cm³/mol. The fourth-order valence-corrected chi connectivity index (χ4v) is 10.0. The van der Waals surface area contributed by atoms with Gasteiger partial charge in [0.05, 0.1) is 5.52 Å². The van der Waals surface area contributed by atoms with Crippen LogP contribution in [0.1, 0.15) is 55.2 Å². The van der Waals surface area contributed by atoms with E-state index in [1.54, 1.807) is 0 Å². The standard InChI is InChI=1S/C39H35NS3/c1-3-4-5-6-7-8-13-25-19-21-35(42-25)31-22-28-29(39-37(31)27-15-10-12-17-33(27)43-39)23-30(34-20-18-24(2)41-34)36-26-14-9-11-16-32(26)40-38(28)36/h9-12,14-23,40H,3-8,13H2,1-2H3. The van der Waals surface area contributed by atoms with Gasteiger partial charge in [0.1, 0.15) is 0 Å². The number of benzene rings is 4. The van der Waals surface area contributed by atoms with Crippen molar-refractivity contribution in [2.45, 2.75) is 58.8 Å². The molecule has 0 saturated carbocycles. The number of hydrogen-bond donors (Lipinski definition) is 1. The highest BCUT2D eigenvalue weighted by molar-refractivity contribution is 7.27. The van der Waals surface area contributed by atoms with Crippen molar-refractivity contribution in [3.63, 3.8) is 0 Å². The molecule has 0 aliphatic heterocycles. The highest BCUT2D eigenvalue weighted by Crippen LogP contribution is 2.49. The summed E-state index contributed by atoms with van der Waals surface area (Å²) in [5.74, 6) is 0. The number of hydrogen-bond acceptors (Lipinski definition) is 3. The Bertz CT molecular complexity index is 2250. The minimum atomic E-state index is 1.19. The number of H-pyrrole nitrogens is 1. The largest absolute Gasteiger partial charge is 0.354 e. The summed E-state index contributed by atoms with van der Waals surface area (Å²) in [7, 11) is 0. The number of aromatic nitrogens is 1. The summed E-state index contributed by atoms with van der Waals surface area (Å²) >= 11 is 5.84. The van der Waals surface area contributed by atoms with Crippen LogP contribution in [0.4, 0.5) is 0 Å². The summed E-state index contributed by atoms with van der Waals surface area (Å²) in [5, 5.41) is 8.09. The molecule has 8 rings (SSSR count). The molecule has 0 aliphatic carbocycles. The van der Waals surface area contributed by atoms with E-state index in [-0.39, 0.29) is 0 Å². The number of para-hydroxylation sites is 1. The molecule has 0 bridgehead atoms. The zero-order chi connectivity index (χ0) is 28.9. The number of fused-ring (bicyclic) bond motifs is 9. The molecule has 4 heterocycles. The summed E-state index contributed by atoms with van der Waals surface area (Å²) in [6.07, 6.45) is 9.24. The molecule has 0 saturated heterocycles. The average molecular weight is 614 g/mol. The molecule has 0 amide bonds. The Morgan fingerprint density at radius 1 is 0.605 bits per heavy atom. The molecule has 4 heteroatoms. The first-order chi connectivity index (χ1) is 21.2.